The first-order valence-corrected chi connectivity index (χ1v) is 4.83. The molecule has 1 amide bonds. The minimum absolute atomic E-state index is 0.120. The Balaban J connectivity index is 2.68. The first-order chi connectivity index (χ1) is 7.15. The van der Waals surface area contributed by atoms with Crippen molar-refractivity contribution in [3.05, 3.63) is 34.6 Å². The van der Waals surface area contributed by atoms with Gasteiger partial charge in [0.15, 0.2) is 0 Å². The van der Waals surface area contributed by atoms with Gasteiger partial charge in [0.05, 0.1) is 13.0 Å². The van der Waals surface area contributed by atoms with Crippen LogP contribution >= 0.6 is 11.6 Å². The average Bonchev–Trinajstić information content (AvgIpc) is 2.21. The summed E-state index contributed by atoms with van der Waals surface area (Å²) in [6.45, 7) is 0.0155. The van der Waals surface area contributed by atoms with E-state index in [1.54, 1.807) is 0 Å². The van der Waals surface area contributed by atoms with E-state index in [-0.39, 0.29) is 36.1 Å². The maximum absolute atomic E-state index is 13.2. The molecular weight excluding hydrogens is 221 g/mol. The zero-order valence-electron chi connectivity index (χ0n) is 7.96. The fraction of sp³-hybridized carbons (Fsp3) is 0.300. The SMILES string of the molecule is O=C(Cc1c(F)cccc1Cl)NCCO. The molecule has 0 aliphatic carbocycles. The van der Waals surface area contributed by atoms with Gasteiger partial charge in [-0.25, -0.2) is 4.39 Å². The molecule has 0 atom stereocenters. The summed E-state index contributed by atoms with van der Waals surface area (Å²) >= 11 is 5.74. The number of halogens is 2. The summed E-state index contributed by atoms with van der Waals surface area (Å²) in [5.74, 6) is -0.863. The summed E-state index contributed by atoms with van der Waals surface area (Å²) in [4.78, 5) is 11.2. The summed E-state index contributed by atoms with van der Waals surface area (Å²) in [5, 5.41) is 11.1. The molecule has 0 aliphatic rings. The standard InChI is InChI=1S/C10H11ClFNO2/c11-8-2-1-3-9(12)7(8)6-10(15)13-4-5-14/h1-3,14H,4-6H2,(H,13,15). The van der Waals surface area contributed by atoms with Crippen molar-refractivity contribution in [2.45, 2.75) is 6.42 Å². The van der Waals surface area contributed by atoms with Gasteiger partial charge in [0, 0.05) is 17.1 Å². The normalized spacial score (nSPS) is 10.1. The highest BCUT2D eigenvalue weighted by atomic mass is 35.5. The van der Waals surface area contributed by atoms with Gasteiger partial charge in [-0.05, 0) is 12.1 Å². The van der Waals surface area contributed by atoms with Gasteiger partial charge < -0.3 is 10.4 Å². The second-order valence-electron chi connectivity index (χ2n) is 2.95. The van der Waals surface area contributed by atoms with Crippen LogP contribution < -0.4 is 5.32 Å². The molecule has 2 N–H and O–H groups in total. The predicted octanol–water partition coefficient (Wildman–Crippen LogP) is 1.13. The minimum atomic E-state index is -0.498. The van der Waals surface area contributed by atoms with Gasteiger partial charge in [-0.2, -0.15) is 0 Å². The summed E-state index contributed by atoms with van der Waals surface area (Å²) in [5.41, 5.74) is 0.176. The third-order valence-electron chi connectivity index (χ3n) is 1.83. The van der Waals surface area contributed by atoms with Crippen LogP contribution in [0.5, 0.6) is 0 Å². The number of amides is 1. The van der Waals surface area contributed by atoms with Crippen molar-refractivity contribution < 1.29 is 14.3 Å². The lowest BCUT2D eigenvalue weighted by molar-refractivity contribution is -0.120. The second-order valence-corrected chi connectivity index (χ2v) is 3.36. The summed E-state index contributed by atoms with van der Waals surface area (Å²) < 4.78 is 13.2. The molecule has 0 radical (unpaired) electrons. The topological polar surface area (TPSA) is 49.3 Å². The van der Waals surface area contributed by atoms with E-state index in [9.17, 15) is 9.18 Å². The first kappa shape index (κ1) is 11.9. The van der Waals surface area contributed by atoms with Gasteiger partial charge in [0.1, 0.15) is 5.82 Å². The van der Waals surface area contributed by atoms with Crippen LogP contribution in [0.1, 0.15) is 5.56 Å². The van der Waals surface area contributed by atoms with Crippen molar-refractivity contribution in [1.29, 1.82) is 0 Å². The average molecular weight is 232 g/mol. The van der Waals surface area contributed by atoms with Gasteiger partial charge in [0.2, 0.25) is 5.91 Å². The molecule has 0 fully saturated rings. The molecule has 0 heterocycles. The van der Waals surface area contributed by atoms with Crippen LogP contribution in [0, 0.1) is 5.82 Å². The van der Waals surface area contributed by atoms with Crippen LogP contribution in [0.15, 0.2) is 18.2 Å². The number of hydrogen-bond donors (Lipinski definition) is 2. The number of carbonyl (C=O) groups excluding carboxylic acids is 1. The number of rotatable bonds is 4. The number of aliphatic hydroxyl groups is 1. The molecule has 1 aromatic carbocycles. The molecule has 82 valence electrons. The minimum Gasteiger partial charge on any atom is -0.395 e. The smallest absolute Gasteiger partial charge is 0.224 e. The van der Waals surface area contributed by atoms with Crippen molar-refractivity contribution in [2.75, 3.05) is 13.2 Å². The van der Waals surface area contributed by atoms with Crippen LogP contribution in [0.3, 0.4) is 0 Å². The molecule has 0 spiro atoms. The fourth-order valence-electron chi connectivity index (χ4n) is 1.12. The van der Waals surface area contributed by atoms with Crippen molar-refractivity contribution >= 4 is 17.5 Å². The molecular formula is C10H11ClFNO2. The van der Waals surface area contributed by atoms with Gasteiger partial charge in [-0.3, -0.25) is 4.79 Å². The van der Waals surface area contributed by atoms with E-state index < -0.39 is 5.82 Å². The molecule has 0 aliphatic heterocycles. The third-order valence-corrected chi connectivity index (χ3v) is 2.19. The van der Waals surface area contributed by atoms with Crippen LogP contribution in [-0.4, -0.2) is 24.2 Å². The Bertz CT molecular complexity index is 337. The van der Waals surface area contributed by atoms with Crippen LogP contribution in [0.25, 0.3) is 0 Å². The molecule has 3 nitrogen and oxygen atoms in total. The van der Waals surface area contributed by atoms with E-state index in [0.29, 0.717) is 0 Å². The fourth-order valence-corrected chi connectivity index (χ4v) is 1.35. The van der Waals surface area contributed by atoms with Crippen molar-refractivity contribution in [1.82, 2.24) is 5.32 Å². The van der Waals surface area contributed by atoms with E-state index in [2.05, 4.69) is 5.32 Å². The van der Waals surface area contributed by atoms with Crippen molar-refractivity contribution in [3.63, 3.8) is 0 Å². The quantitative estimate of drug-likeness (QED) is 0.816. The van der Waals surface area contributed by atoms with Crippen LogP contribution in [0.4, 0.5) is 4.39 Å². The zero-order chi connectivity index (χ0) is 11.3. The molecule has 0 aromatic heterocycles. The first-order valence-electron chi connectivity index (χ1n) is 4.45. The van der Waals surface area contributed by atoms with Crippen molar-refractivity contribution in [3.8, 4) is 0 Å². The molecule has 1 rings (SSSR count). The maximum atomic E-state index is 13.2. The number of nitrogens with one attached hydrogen (secondary N) is 1. The number of carbonyl (C=O) groups is 1. The van der Waals surface area contributed by atoms with Crippen LogP contribution in [0.2, 0.25) is 5.02 Å². The maximum Gasteiger partial charge on any atom is 0.224 e. The number of hydrogen-bond acceptors (Lipinski definition) is 2. The van der Waals surface area contributed by atoms with E-state index in [4.69, 9.17) is 16.7 Å². The van der Waals surface area contributed by atoms with Gasteiger partial charge in [0.25, 0.3) is 0 Å². The lowest BCUT2D eigenvalue weighted by Crippen LogP contribution is -2.28. The van der Waals surface area contributed by atoms with Gasteiger partial charge >= 0.3 is 0 Å². The summed E-state index contributed by atoms with van der Waals surface area (Å²) in [6, 6.07) is 4.26. The van der Waals surface area contributed by atoms with E-state index in [1.807, 2.05) is 0 Å². The van der Waals surface area contributed by atoms with E-state index in [0.717, 1.165) is 0 Å². The highest BCUT2D eigenvalue weighted by Crippen LogP contribution is 2.19. The van der Waals surface area contributed by atoms with Crippen LogP contribution in [-0.2, 0) is 11.2 Å². The lowest BCUT2D eigenvalue weighted by atomic mass is 10.1. The Morgan fingerprint density at radius 1 is 1.53 bits per heavy atom. The monoisotopic (exact) mass is 231 g/mol. The third kappa shape index (κ3) is 3.49. The van der Waals surface area contributed by atoms with E-state index in [1.165, 1.54) is 18.2 Å². The molecule has 1 aromatic rings. The summed E-state index contributed by atoms with van der Waals surface area (Å²) in [6.07, 6.45) is -0.120. The van der Waals surface area contributed by atoms with Gasteiger partial charge in [-0.15, -0.1) is 0 Å². The highest BCUT2D eigenvalue weighted by molar-refractivity contribution is 6.31. The molecule has 15 heavy (non-hydrogen) atoms. The Hall–Kier alpha value is -1.13. The molecule has 0 saturated carbocycles. The Kier molecular flexibility index (Phi) is 4.52. The Morgan fingerprint density at radius 2 is 2.27 bits per heavy atom. The number of benzene rings is 1. The largest absolute Gasteiger partial charge is 0.395 e. The second kappa shape index (κ2) is 5.68. The Labute approximate surface area is 91.9 Å². The Morgan fingerprint density at radius 3 is 2.87 bits per heavy atom. The lowest BCUT2D eigenvalue weighted by Gasteiger charge is -2.06. The van der Waals surface area contributed by atoms with E-state index >= 15 is 0 Å². The predicted molar refractivity (Wildman–Crippen MR) is 55.2 cm³/mol. The molecule has 0 unspecified atom stereocenters. The van der Waals surface area contributed by atoms with Gasteiger partial charge in [-0.1, -0.05) is 17.7 Å². The highest BCUT2D eigenvalue weighted by Gasteiger charge is 2.10. The van der Waals surface area contributed by atoms with Crippen molar-refractivity contribution in [2.24, 2.45) is 0 Å². The molecule has 0 bridgehead atoms. The number of aliphatic hydroxyl groups excluding tert-OH is 1. The zero-order valence-corrected chi connectivity index (χ0v) is 8.72. The molecule has 5 heteroatoms. The summed E-state index contributed by atoms with van der Waals surface area (Å²) in [7, 11) is 0. The molecule has 0 saturated heterocycles.